The number of rotatable bonds is 11. The van der Waals surface area contributed by atoms with Gasteiger partial charge in [-0.1, -0.05) is 56.2 Å². The molecule has 1 aromatic carbocycles. The fourth-order valence-electron chi connectivity index (χ4n) is 5.01. The summed E-state index contributed by atoms with van der Waals surface area (Å²) in [6.07, 6.45) is 11.0. The van der Waals surface area contributed by atoms with E-state index < -0.39 is 30.4 Å². The Bertz CT molecular complexity index is 821. The molecule has 200 valence electrons. The fourth-order valence-corrected chi connectivity index (χ4v) is 5.01. The molecule has 1 aromatic rings. The van der Waals surface area contributed by atoms with Crippen LogP contribution in [0.25, 0.3) is 0 Å². The summed E-state index contributed by atoms with van der Waals surface area (Å²) in [5.74, 6) is 0.432. The minimum atomic E-state index is -1.16. The molecule has 0 aromatic heterocycles. The molecular formula is C30H44O6. The van der Waals surface area contributed by atoms with Gasteiger partial charge in [-0.25, -0.2) is 9.59 Å². The summed E-state index contributed by atoms with van der Waals surface area (Å²) < 4.78 is 22.2. The van der Waals surface area contributed by atoms with Crippen LogP contribution in [0.4, 0.5) is 0 Å². The summed E-state index contributed by atoms with van der Waals surface area (Å²) in [4.78, 5) is 25.1. The Labute approximate surface area is 216 Å². The second-order valence-electron chi connectivity index (χ2n) is 10.7. The van der Waals surface area contributed by atoms with Gasteiger partial charge >= 0.3 is 11.9 Å². The molecule has 0 amide bonds. The van der Waals surface area contributed by atoms with E-state index in [2.05, 4.69) is 19.1 Å². The number of esters is 2. The van der Waals surface area contributed by atoms with Crippen molar-refractivity contribution in [3.8, 4) is 0 Å². The fraction of sp³-hybridized carbons (Fsp3) is 0.667. The van der Waals surface area contributed by atoms with Gasteiger partial charge < -0.3 is 18.9 Å². The van der Waals surface area contributed by atoms with E-state index in [0.29, 0.717) is 0 Å². The molecule has 0 spiro atoms. The zero-order chi connectivity index (χ0) is 26.1. The summed E-state index contributed by atoms with van der Waals surface area (Å²) in [6, 6.07) is 7.96. The third kappa shape index (κ3) is 8.45. The van der Waals surface area contributed by atoms with E-state index in [1.54, 1.807) is 27.7 Å². The third-order valence-corrected chi connectivity index (χ3v) is 6.83. The van der Waals surface area contributed by atoms with Gasteiger partial charge in [-0.2, -0.15) is 0 Å². The Balaban J connectivity index is 1.52. The summed E-state index contributed by atoms with van der Waals surface area (Å²) in [7, 11) is 0. The van der Waals surface area contributed by atoms with Crippen molar-refractivity contribution >= 4 is 11.9 Å². The van der Waals surface area contributed by atoms with Crippen molar-refractivity contribution in [2.75, 3.05) is 0 Å². The maximum absolute atomic E-state index is 12.6. The number of allylic oxidation sites excluding steroid dienone is 2. The van der Waals surface area contributed by atoms with Crippen molar-refractivity contribution in [1.29, 1.82) is 0 Å². The number of hydrogen-bond acceptors (Lipinski definition) is 6. The van der Waals surface area contributed by atoms with E-state index in [1.165, 1.54) is 44.1 Å². The Morgan fingerprint density at radius 1 is 0.917 bits per heavy atom. The Morgan fingerprint density at radius 3 is 1.97 bits per heavy atom. The molecule has 6 heteroatoms. The number of aryl methyl sites for hydroxylation is 1. The normalized spacial score (nSPS) is 25.1. The minimum absolute atomic E-state index is 0.327. The van der Waals surface area contributed by atoms with E-state index in [1.807, 2.05) is 24.3 Å². The first-order valence-electron chi connectivity index (χ1n) is 13.7. The molecule has 1 saturated heterocycles. The van der Waals surface area contributed by atoms with Gasteiger partial charge in [-0.15, -0.1) is 0 Å². The molecule has 1 aliphatic carbocycles. The van der Waals surface area contributed by atoms with Crippen LogP contribution >= 0.6 is 0 Å². The number of hydrogen-bond donors (Lipinski definition) is 0. The van der Waals surface area contributed by atoms with Crippen molar-refractivity contribution in [3.63, 3.8) is 0 Å². The first kappa shape index (κ1) is 28.4. The van der Waals surface area contributed by atoms with Gasteiger partial charge in [0.15, 0.2) is 18.5 Å². The average Bonchev–Trinajstić information content (AvgIpc) is 3.29. The molecule has 0 unspecified atom stereocenters. The predicted molar refractivity (Wildman–Crippen MR) is 139 cm³/mol. The molecule has 1 heterocycles. The van der Waals surface area contributed by atoms with E-state index in [9.17, 15) is 9.59 Å². The first-order valence-corrected chi connectivity index (χ1v) is 13.7. The molecule has 0 N–H and O–H groups in total. The van der Waals surface area contributed by atoms with Gasteiger partial charge in [0.1, 0.15) is 0 Å². The quantitative estimate of drug-likeness (QED) is 0.256. The molecule has 2 atom stereocenters. The van der Waals surface area contributed by atoms with Crippen LogP contribution in [-0.4, -0.2) is 36.4 Å². The van der Waals surface area contributed by atoms with Crippen molar-refractivity contribution in [3.05, 3.63) is 47.5 Å². The Morgan fingerprint density at radius 2 is 1.47 bits per heavy atom. The second kappa shape index (κ2) is 13.9. The van der Waals surface area contributed by atoms with E-state index in [0.717, 1.165) is 30.2 Å². The zero-order valence-electron chi connectivity index (χ0n) is 22.6. The zero-order valence-corrected chi connectivity index (χ0v) is 22.6. The molecule has 3 rings (SSSR count). The molecule has 0 bridgehead atoms. The van der Waals surface area contributed by atoms with Crippen LogP contribution in [0, 0.1) is 11.8 Å². The van der Waals surface area contributed by atoms with Gasteiger partial charge in [0, 0.05) is 5.56 Å². The summed E-state index contributed by atoms with van der Waals surface area (Å²) >= 11 is 0. The van der Waals surface area contributed by atoms with Crippen LogP contribution in [0.1, 0.15) is 97.0 Å². The highest BCUT2D eigenvalue weighted by Gasteiger charge is 2.48. The lowest BCUT2D eigenvalue weighted by Crippen LogP contribution is -2.40. The summed E-state index contributed by atoms with van der Waals surface area (Å²) in [5.41, 5.74) is 1.97. The molecule has 2 fully saturated rings. The monoisotopic (exact) mass is 500 g/mol. The highest BCUT2D eigenvalue weighted by molar-refractivity contribution is 5.86. The molecule has 0 radical (unpaired) electrons. The summed E-state index contributed by atoms with van der Waals surface area (Å²) in [6.45, 7) is 9.28. The SMILES string of the molecule is CCCC1CCC(/C=C/CCc2ccc(C3O[C@@H](C(=O)OC(C)C)[C@H](C(=O)OC(C)C)O3)cc2)CC1. The van der Waals surface area contributed by atoms with Crippen molar-refractivity contribution < 1.29 is 28.5 Å². The van der Waals surface area contributed by atoms with Crippen molar-refractivity contribution in [2.24, 2.45) is 11.8 Å². The number of ether oxygens (including phenoxy) is 4. The topological polar surface area (TPSA) is 71.1 Å². The van der Waals surface area contributed by atoms with E-state index in [-0.39, 0.29) is 12.2 Å². The van der Waals surface area contributed by atoms with Gasteiger partial charge in [-0.05, 0) is 83.6 Å². The summed E-state index contributed by atoms with van der Waals surface area (Å²) in [5, 5.41) is 0. The van der Waals surface area contributed by atoms with Crippen LogP contribution in [0.5, 0.6) is 0 Å². The number of carbonyl (C=O) groups is 2. The van der Waals surface area contributed by atoms with E-state index in [4.69, 9.17) is 18.9 Å². The lowest BCUT2D eigenvalue weighted by molar-refractivity contribution is -0.167. The largest absolute Gasteiger partial charge is 0.461 e. The average molecular weight is 501 g/mol. The number of carbonyl (C=O) groups excluding carboxylic acids is 2. The van der Waals surface area contributed by atoms with Gasteiger partial charge in [-0.3, -0.25) is 0 Å². The van der Waals surface area contributed by atoms with E-state index >= 15 is 0 Å². The van der Waals surface area contributed by atoms with Gasteiger partial charge in [0.2, 0.25) is 0 Å². The lowest BCUT2D eigenvalue weighted by Gasteiger charge is -2.26. The second-order valence-corrected chi connectivity index (χ2v) is 10.7. The van der Waals surface area contributed by atoms with Crippen LogP contribution < -0.4 is 0 Å². The molecule has 1 aliphatic heterocycles. The van der Waals surface area contributed by atoms with Crippen LogP contribution in [-0.2, 0) is 35.0 Å². The smallest absolute Gasteiger partial charge is 0.339 e. The van der Waals surface area contributed by atoms with Crippen molar-refractivity contribution in [1.82, 2.24) is 0 Å². The molecule has 2 aliphatic rings. The Hall–Kier alpha value is -2.18. The molecule has 1 saturated carbocycles. The first-order chi connectivity index (χ1) is 17.3. The van der Waals surface area contributed by atoms with Crippen LogP contribution in [0.3, 0.4) is 0 Å². The maximum Gasteiger partial charge on any atom is 0.339 e. The number of benzene rings is 1. The van der Waals surface area contributed by atoms with Gasteiger partial charge in [0.05, 0.1) is 12.2 Å². The molecule has 36 heavy (non-hydrogen) atoms. The lowest BCUT2D eigenvalue weighted by atomic mass is 9.80. The van der Waals surface area contributed by atoms with Gasteiger partial charge in [0.25, 0.3) is 0 Å². The third-order valence-electron chi connectivity index (χ3n) is 6.83. The van der Waals surface area contributed by atoms with Crippen LogP contribution in [0.15, 0.2) is 36.4 Å². The Kier molecular flexibility index (Phi) is 11.0. The van der Waals surface area contributed by atoms with Crippen molar-refractivity contribution in [2.45, 2.75) is 117 Å². The minimum Gasteiger partial charge on any atom is -0.461 e. The predicted octanol–water partition coefficient (Wildman–Crippen LogP) is 6.47. The highest BCUT2D eigenvalue weighted by Crippen LogP contribution is 2.34. The molecular weight excluding hydrogens is 456 g/mol. The standard InChI is InChI=1S/C30H44O6/c1-6-9-22-12-14-23(15-13-22)10-7-8-11-24-16-18-25(19-17-24)30-35-26(28(31)33-20(2)3)27(36-30)29(32)34-21(4)5/h7,10,16-23,26-27,30H,6,8-9,11-15H2,1-5H3/b10-7+/t22?,23?,26-,27-/m1/s1. The van der Waals surface area contributed by atoms with Crippen LogP contribution in [0.2, 0.25) is 0 Å². The maximum atomic E-state index is 12.6. The molecule has 6 nitrogen and oxygen atoms in total. The highest BCUT2D eigenvalue weighted by atomic mass is 16.8.